The molecule has 0 atom stereocenters. The minimum absolute atomic E-state index is 0.104. The Labute approximate surface area is 179 Å². The molecule has 1 N–H and O–H groups in total. The van der Waals surface area contributed by atoms with Crippen LogP contribution in [-0.4, -0.2) is 33.1 Å². The Kier molecular flexibility index (Phi) is 5.88. The van der Waals surface area contributed by atoms with Crippen LogP contribution in [0.1, 0.15) is 20.3 Å². The number of ether oxygens (including phenoxy) is 2. The highest BCUT2D eigenvalue weighted by molar-refractivity contribution is 5.92. The average Bonchev–Trinajstić information content (AvgIpc) is 3.26. The molecule has 0 aliphatic heterocycles. The van der Waals surface area contributed by atoms with Gasteiger partial charge in [0.15, 0.2) is 5.65 Å². The number of rotatable bonds is 8. The number of carbonyl (C=O) groups excluding carboxylic acids is 1. The van der Waals surface area contributed by atoms with Crippen molar-refractivity contribution in [3.63, 3.8) is 0 Å². The van der Waals surface area contributed by atoms with Crippen LogP contribution < -0.4 is 20.3 Å². The molecule has 4 rings (SSSR count). The Bertz CT molecular complexity index is 1290. The topological polar surface area (TPSA) is 86.9 Å². The highest BCUT2D eigenvalue weighted by Crippen LogP contribution is 2.29. The monoisotopic (exact) mass is 420 g/mol. The van der Waals surface area contributed by atoms with Crippen molar-refractivity contribution in [1.82, 2.24) is 14.0 Å². The maximum absolute atomic E-state index is 13.0. The number of fused-ring (bicyclic) bond motifs is 3. The first kappa shape index (κ1) is 20.5. The fourth-order valence-corrected chi connectivity index (χ4v) is 3.56. The quantitative estimate of drug-likeness (QED) is 0.472. The van der Waals surface area contributed by atoms with Gasteiger partial charge in [0.25, 0.3) is 5.56 Å². The fraction of sp³-hybridized carbons (Fsp3) is 0.261. The molecule has 0 radical (unpaired) electrons. The Morgan fingerprint density at radius 2 is 1.87 bits per heavy atom. The van der Waals surface area contributed by atoms with Gasteiger partial charge in [-0.05, 0) is 50.2 Å². The van der Waals surface area contributed by atoms with Crippen LogP contribution >= 0.6 is 0 Å². The van der Waals surface area contributed by atoms with Crippen LogP contribution in [0.5, 0.6) is 11.5 Å². The molecule has 3 aromatic heterocycles. The SMILES string of the molecule is CCOc1ccc(OCC)c(NC(=O)CCn2c(=O)c3cccn3c3cccnc32)c1. The van der Waals surface area contributed by atoms with Crippen molar-refractivity contribution in [2.24, 2.45) is 0 Å². The minimum Gasteiger partial charge on any atom is -0.494 e. The molecule has 31 heavy (non-hydrogen) atoms. The predicted molar refractivity (Wildman–Crippen MR) is 119 cm³/mol. The van der Waals surface area contributed by atoms with Crippen molar-refractivity contribution >= 4 is 28.3 Å². The average molecular weight is 420 g/mol. The van der Waals surface area contributed by atoms with Gasteiger partial charge in [-0.2, -0.15) is 0 Å². The van der Waals surface area contributed by atoms with Crippen molar-refractivity contribution in [3.8, 4) is 11.5 Å². The number of amides is 1. The number of hydrogen-bond acceptors (Lipinski definition) is 5. The molecule has 0 saturated heterocycles. The zero-order valence-electron chi connectivity index (χ0n) is 17.5. The lowest BCUT2D eigenvalue weighted by atomic mass is 10.2. The highest BCUT2D eigenvalue weighted by atomic mass is 16.5. The number of anilines is 1. The van der Waals surface area contributed by atoms with Crippen LogP contribution in [0.4, 0.5) is 5.69 Å². The van der Waals surface area contributed by atoms with E-state index in [0.717, 1.165) is 5.52 Å². The van der Waals surface area contributed by atoms with E-state index in [0.29, 0.717) is 41.6 Å². The summed E-state index contributed by atoms with van der Waals surface area (Å²) in [6.07, 6.45) is 3.58. The number of nitrogens with one attached hydrogen (secondary N) is 1. The lowest BCUT2D eigenvalue weighted by Crippen LogP contribution is -2.25. The van der Waals surface area contributed by atoms with Gasteiger partial charge < -0.3 is 19.2 Å². The third kappa shape index (κ3) is 4.09. The predicted octanol–water partition coefficient (Wildman–Crippen LogP) is 3.48. The number of aryl methyl sites for hydroxylation is 1. The van der Waals surface area contributed by atoms with Crippen molar-refractivity contribution in [3.05, 3.63) is 65.2 Å². The summed E-state index contributed by atoms with van der Waals surface area (Å²) >= 11 is 0. The van der Waals surface area contributed by atoms with Crippen LogP contribution in [0.2, 0.25) is 0 Å². The van der Waals surface area contributed by atoms with E-state index in [9.17, 15) is 9.59 Å². The molecule has 0 aliphatic rings. The summed E-state index contributed by atoms with van der Waals surface area (Å²) in [6.45, 7) is 4.97. The number of hydrogen-bond donors (Lipinski definition) is 1. The summed E-state index contributed by atoms with van der Waals surface area (Å²) < 4.78 is 14.5. The van der Waals surface area contributed by atoms with Gasteiger partial charge in [0.1, 0.15) is 17.0 Å². The molecular formula is C23H24N4O4. The van der Waals surface area contributed by atoms with Crippen LogP contribution in [0.3, 0.4) is 0 Å². The lowest BCUT2D eigenvalue weighted by molar-refractivity contribution is -0.116. The standard InChI is InChI=1S/C23H24N4O4/c1-3-30-16-9-10-20(31-4-2)17(15-16)25-21(28)11-14-27-22-18(7-5-12-24-22)26-13-6-8-19(26)23(27)29/h5-10,12-13,15H,3-4,11,14H2,1-2H3,(H,25,28). The summed E-state index contributed by atoms with van der Waals surface area (Å²) in [7, 11) is 0. The molecule has 0 spiro atoms. The van der Waals surface area contributed by atoms with E-state index in [-0.39, 0.29) is 24.4 Å². The molecule has 1 aromatic carbocycles. The molecule has 8 heteroatoms. The number of pyridine rings is 1. The van der Waals surface area contributed by atoms with E-state index in [1.165, 1.54) is 0 Å². The van der Waals surface area contributed by atoms with Crippen molar-refractivity contribution in [2.45, 2.75) is 26.8 Å². The lowest BCUT2D eigenvalue weighted by Gasteiger charge is -2.14. The summed E-state index contributed by atoms with van der Waals surface area (Å²) in [5, 5.41) is 2.88. The Morgan fingerprint density at radius 3 is 2.68 bits per heavy atom. The second-order valence-corrected chi connectivity index (χ2v) is 6.89. The van der Waals surface area contributed by atoms with Gasteiger partial charge in [0.2, 0.25) is 5.91 Å². The van der Waals surface area contributed by atoms with Gasteiger partial charge in [-0.1, -0.05) is 0 Å². The normalized spacial score (nSPS) is 11.0. The summed E-state index contributed by atoms with van der Waals surface area (Å²) in [6, 6.07) is 12.6. The van der Waals surface area contributed by atoms with E-state index < -0.39 is 0 Å². The molecule has 8 nitrogen and oxygen atoms in total. The van der Waals surface area contributed by atoms with Crippen molar-refractivity contribution in [1.29, 1.82) is 0 Å². The second-order valence-electron chi connectivity index (χ2n) is 6.89. The largest absolute Gasteiger partial charge is 0.494 e. The molecule has 4 aromatic rings. The first-order valence-electron chi connectivity index (χ1n) is 10.3. The van der Waals surface area contributed by atoms with Gasteiger partial charge in [-0.25, -0.2) is 4.98 Å². The molecule has 1 amide bonds. The van der Waals surface area contributed by atoms with Crippen LogP contribution in [-0.2, 0) is 11.3 Å². The first-order chi connectivity index (χ1) is 15.1. The molecule has 3 heterocycles. The molecule has 0 unspecified atom stereocenters. The number of aromatic nitrogens is 3. The van der Waals surface area contributed by atoms with Gasteiger partial charge >= 0.3 is 0 Å². The van der Waals surface area contributed by atoms with Crippen LogP contribution in [0.15, 0.2) is 59.7 Å². The first-order valence-corrected chi connectivity index (χ1v) is 10.3. The van der Waals surface area contributed by atoms with Crippen molar-refractivity contribution in [2.75, 3.05) is 18.5 Å². The van der Waals surface area contributed by atoms with E-state index in [4.69, 9.17) is 9.47 Å². The maximum atomic E-state index is 13.0. The van der Waals surface area contributed by atoms with E-state index >= 15 is 0 Å². The molecule has 0 fully saturated rings. The second kappa shape index (κ2) is 8.91. The highest BCUT2D eigenvalue weighted by Gasteiger charge is 2.14. The van der Waals surface area contributed by atoms with Crippen LogP contribution in [0, 0.1) is 0 Å². The van der Waals surface area contributed by atoms with Crippen LogP contribution in [0.25, 0.3) is 16.7 Å². The fourth-order valence-electron chi connectivity index (χ4n) is 3.56. The molecule has 0 aliphatic carbocycles. The maximum Gasteiger partial charge on any atom is 0.276 e. The number of nitrogens with zero attached hydrogens (tertiary/aromatic N) is 3. The third-order valence-corrected chi connectivity index (χ3v) is 4.89. The summed E-state index contributed by atoms with van der Waals surface area (Å²) in [4.78, 5) is 30.1. The smallest absolute Gasteiger partial charge is 0.276 e. The van der Waals surface area contributed by atoms with Gasteiger partial charge in [-0.15, -0.1) is 0 Å². The zero-order valence-corrected chi connectivity index (χ0v) is 17.5. The van der Waals surface area contributed by atoms with E-state index in [1.807, 2.05) is 42.6 Å². The molecule has 0 saturated carbocycles. The summed E-state index contributed by atoms with van der Waals surface area (Å²) in [5.74, 6) is 0.977. The van der Waals surface area contributed by atoms with Gasteiger partial charge in [-0.3, -0.25) is 14.2 Å². The van der Waals surface area contributed by atoms with E-state index in [1.54, 1.807) is 35.0 Å². The molecular weight excluding hydrogens is 396 g/mol. The van der Waals surface area contributed by atoms with Crippen molar-refractivity contribution < 1.29 is 14.3 Å². The van der Waals surface area contributed by atoms with E-state index in [2.05, 4.69) is 10.3 Å². The molecule has 160 valence electrons. The molecule has 0 bridgehead atoms. The minimum atomic E-state index is -0.235. The third-order valence-electron chi connectivity index (χ3n) is 4.89. The summed E-state index contributed by atoms with van der Waals surface area (Å²) in [5.41, 5.74) is 2.25. The Balaban J connectivity index is 1.58. The number of benzene rings is 1. The van der Waals surface area contributed by atoms with Gasteiger partial charge in [0.05, 0.1) is 24.4 Å². The Morgan fingerprint density at radius 1 is 1.06 bits per heavy atom. The number of carbonyl (C=O) groups is 1. The van der Waals surface area contributed by atoms with Gasteiger partial charge in [0, 0.05) is 31.4 Å². The zero-order chi connectivity index (χ0) is 21.8. The Hall–Kier alpha value is -3.81.